The molecule has 2 aromatic rings. The third kappa shape index (κ3) is 3.05. The molecule has 5 nitrogen and oxygen atoms in total. The topological polar surface area (TPSA) is 59.9 Å². The molecule has 0 aliphatic heterocycles. The molecule has 0 aromatic carbocycles. The van der Waals surface area contributed by atoms with Crippen molar-refractivity contribution in [3.63, 3.8) is 0 Å². The smallest absolute Gasteiger partial charge is 0.443 e. The SMILES string of the molecule is CNC(c1ccc(OC)nn1)c1cnc(C(F)(F)F)s1. The number of thiazole rings is 1. The van der Waals surface area contributed by atoms with Crippen molar-refractivity contribution in [1.82, 2.24) is 20.5 Å². The molecule has 1 unspecified atom stereocenters. The largest absolute Gasteiger partial charge is 0.480 e. The van der Waals surface area contributed by atoms with Crippen molar-refractivity contribution in [3.05, 3.63) is 33.9 Å². The maximum absolute atomic E-state index is 12.6. The Labute approximate surface area is 116 Å². The van der Waals surface area contributed by atoms with Gasteiger partial charge in [0.25, 0.3) is 0 Å². The van der Waals surface area contributed by atoms with Crippen molar-refractivity contribution < 1.29 is 17.9 Å². The highest BCUT2D eigenvalue weighted by molar-refractivity contribution is 7.11. The third-order valence-corrected chi connectivity index (χ3v) is 3.61. The molecule has 2 rings (SSSR count). The fourth-order valence-corrected chi connectivity index (χ4v) is 2.49. The Hall–Kier alpha value is -1.74. The first-order valence-electron chi connectivity index (χ1n) is 5.53. The summed E-state index contributed by atoms with van der Waals surface area (Å²) < 4.78 is 42.5. The summed E-state index contributed by atoms with van der Waals surface area (Å²) >= 11 is 0.580. The minimum absolute atomic E-state index is 0.337. The molecule has 2 aromatic heterocycles. The van der Waals surface area contributed by atoms with Gasteiger partial charge in [-0.1, -0.05) is 0 Å². The van der Waals surface area contributed by atoms with Gasteiger partial charge in [-0.2, -0.15) is 13.2 Å². The molecule has 108 valence electrons. The summed E-state index contributed by atoms with van der Waals surface area (Å²) in [6.45, 7) is 0. The Morgan fingerprint density at radius 2 is 2.05 bits per heavy atom. The Morgan fingerprint density at radius 1 is 1.30 bits per heavy atom. The summed E-state index contributed by atoms with van der Waals surface area (Å²) in [4.78, 5) is 3.81. The van der Waals surface area contributed by atoms with Gasteiger partial charge in [0.15, 0.2) is 5.01 Å². The molecule has 1 atom stereocenters. The second-order valence-corrected chi connectivity index (χ2v) is 4.85. The summed E-state index contributed by atoms with van der Waals surface area (Å²) in [7, 11) is 3.08. The van der Waals surface area contributed by atoms with E-state index in [0.717, 1.165) is 0 Å². The standard InChI is InChI=1S/C11H11F3N4OS/c1-15-9(6-3-4-8(19-2)18-17-6)7-5-16-10(20-7)11(12,13)14/h3-5,9,15H,1-2H3. The Morgan fingerprint density at radius 3 is 2.50 bits per heavy atom. The summed E-state index contributed by atoms with van der Waals surface area (Å²) in [6.07, 6.45) is -3.24. The van der Waals surface area contributed by atoms with E-state index in [1.807, 2.05) is 0 Å². The van der Waals surface area contributed by atoms with Crippen molar-refractivity contribution in [3.8, 4) is 5.88 Å². The van der Waals surface area contributed by atoms with E-state index >= 15 is 0 Å². The molecule has 0 aliphatic carbocycles. The van der Waals surface area contributed by atoms with E-state index in [2.05, 4.69) is 20.5 Å². The fourth-order valence-electron chi connectivity index (χ4n) is 1.58. The third-order valence-electron chi connectivity index (χ3n) is 2.50. The number of rotatable bonds is 4. The number of hydrogen-bond donors (Lipinski definition) is 1. The van der Waals surface area contributed by atoms with Gasteiger partial charge in [0.05, 0.1) is 18.8 Å². The zero-order valence-corrected chi connectivity index (χ0v) is 11.4. The van der Waals surface area contributed by atoms with Crippen LogP contribution in [-0.2, 0) is 6.18 Å². The van der Waals surface area contributed by atoms with Crippen LogP contribution in [0.1, 0.15) is 21.6 Å². The molecule has 2 heterocycles. The van der Waals surface area contributed by atoms with E-state index in [1.165, 1.54) is 13.3 Å². The summed E-state index contributed by atoms with van der Waals surface area (Å²) in [5.74, 6) is 0.337. The van der Waals surface area contributed by atoms with Gasteiger partial charge in [0.1, 0.15) is 0 Å². The van der Waals surface area contributed by atoms with E-state index in [4.69, 9.17) is 4.74 Å². The van der Waals surface area contributed by atoms with Crippen molar-refractivity contribution >= 4 is 11.3 Å². The quantitative estimate of drug-likeness (QED) is 0.939. The van der Waals surface area contributed by atoms with E-state index in [1.54, 1.807) is 19.2 Å². The minimum atomic E-state index is -4.44. The molecular weight excluding hydrogens is 293 g/mol. The van der Waals surface area contributed by atoms with Gasteiger partial charge >= 0.3 is 6.18 Å². The lowest BCUT2D eigenvalue weighted by Crippen LogP contribution is -2.18. The maximum Gasteiger partial charge on any atom is 0.443 e. The van der Waals surface area contributed by atoms with Crippen molar-refractivity contribution in [2.24, 2.45) is 0 Å². The molecule has 0 amide bonds. The number of halogens is 3. The van der Waals surface area contributed by atoms with E-state index in [-0.39, 0.29) is 0 Å². The van der Waals surface area contributed by atoms with Crippen LogP contribution in [0.5, 0.6) is 5.88 Å². The predicted octanol–water partition coefficient (Wildman–Crippen LogP) is 2.27. The number of methoxy groups -OCH3 is 1. The number of nitrogens with zero attached hydrogens (tertiary/aromatic N) is 3. The van der Waals surface area contributed by atoms with Crippen LogP contribution in [0.2, 0.25) is 0 Å². The van der Waals surface area contributed by atoms with Crippen molar-refractivity contribution in [2.45, 2.75) is 12.2 Å². The van der Waals surface area contributed by atoms with Crippen LogP contribution in [0.4, 0.5) is 13.2 Å². The lowest BCUT2D eigenvalue weighted by Gasteiger charge is -2.12. The first-order valence-corrected chi connectivity index (χ1v) is 6.35. The second-order valence-electron chi connectivity index (χ2n) is 3.79. The molecule has 9 heteroatoms. The Kier molecular flexibility index (Phi) is 4.19. The number of ether oxygens (including phenoxy) is 1. The monoisotopic (exact) mass is 304 g/mol. The lowest BCUT2D eigenvalue weighted by molar-refractivity contribution is -0.137. The van der Waals surface area contributed by atoms with E-state index in [9.17, 15) is 13.2 Å². The second kappa shape index (κ2) is 5.71. The van der Waals surface area contributed by atoms with Gasteiger partial charge in [0.2, 0.25) is 5.88 Å². The zero-order valence-electron chi connectivity index (χ0n) is 10.6. The van der Waals surface area contributed by atoms with Gasteiger partial charge < -0.3 is 10.1 Å². The predicted molar refractivity (Wildman–Crippen MR) is 66.6 cm³/mol. The van der Waals surface area contributed by atoms with Gasteiger partial charge in [-0.3, -0.25) is 0 Å². The number of hydrogen-bond acceptors (Lipinski definition) is 6. The van der Waals surface area contributed by atoms with Crippen molar-refractivity contribution in [1.29, 1.82) is 0 Å². The molecule has 20 heavy (non-hydrogen) atoms. The average molecular weight is 304 g/mol. The van der Waals surface area contributed by atoms with Crippen LogP contribution in [0.3, 0.4) is 0 Å². The molecule has 0 aliphatic rings. The highest BCUT2D eigenvalue weighted by Gasteiger charge is 2.35. The molecule has 0 radical (unpaired) electrons. The van der Waals surface area contributed by atoms with Gasteiger partial charge in [0, 0.05) is 17.1 Å². The molecule has 0 saturated heterocycles. The molecule has 0 bridgehead atoms. The summed E-state index contributed by atoms with van der Waals surface area (Å²) in [6, 6.07) is 2.74. The van der Waals surface area contributed by atoms with Crippen molar-refractivity contribution in [2.75, 3.05) is 14.2 Å². The molecular formula is C11H11F3N4OS. The minimum Gasteiger partial charge on any atom is -0.480 e. The van der Waals surface area contributed by atoms with Crippen LogP contribution in [0.15, 0.2) is 18.3 Å². The first kappa shape index (κ1) is 14.7. The molecule has 0 fully saturated rings. The highest BCUT2D eigenvalue weighted by Crippen LogP contribution is 2.35. The number of alkyl halides is 3. The molecule has 1 N–H and O–H groups in total. The zero-order chi connectivity index (χ0) is 14.8. The Balaban J connectivity index is 2.29. The lowest BCUT2D eigenvalue weighted by atomic mass is 10.2. The van der Waals surface area contributed by atoms with Gasteiger partial charge in [-0.05, 0) is 13.1 Å². The Bertz CT molecular complexity index is 570. The highest BCUT2D eigenvalue weighted by atomic mass is 32.1. The number of nitrogens with one attached hydrogen (secondary N) is 1. The van der Waals surface area contributed by atoms with E-state index in [0.29, 0.717) is 27.8 Å². The molecule has 0 saturated carbocycles. The van der Waals surface area contributed by atoms with Crippen LogP contribution in [0, 0.1) is 0 Å². The van der Waals surface area contributed by atoms with Crippen LogP contribution in [-0.4, -0.2) is 29.3 Å². The van der Waals surface area contributed by atoms with Gasteiger partial charge in [-0.25, -0.2) is 4.98 Å². The summed E-state index contributed by atoms with van der Waals surface area (Å²) in [5, 5.41) is 9.74. The van der Waals surface area contributed by atoms with Gasteiger partial charge in [-0.15, -0.1) is 21.5 Å². The fraction of sp³-hybridized carbons (Fsp3) is 0.364. The normalized spacial score (nSPS) is 13.2. The molecule has 0 spiro atoms. The average Bonchev–Trinajstić information content (AvgIpc) is 2.90. The van der Waals surface area contributed by atoms with E-state index < -0.39 is 17.2 Å². The van der Waals surface area contributed by atoms with Crippen LogP contribution in [0.25, 0.3) is 0 Å². The number of aromatic nitrogens is 3. The van der Waals surface area contributed by atoms with Crippen LogP contribution < -0.4 is 10.1 Å². The van der Waals surface area contributed by atoms with Crippen LogP contribution >= 0.6 is 11.3 Å². The maximum atomic E-state index is 12.6. The first-order chi connectivity index (χ1) is 9.45. The summed E-state index contributed by atoms with van der Waals surface area (Å²) in [5.41, 5.74) is 0.491.